The molecule has 1 saturated heterocycles. The molecule has 1 nitrogen and oxygen atoms in total. The molecule has 1 heterocycles. The third kappa shape index (κ3) is 13.3. The van der Waals surface area contributed by atoms with E-state index in [9.17, 15) is 0 Å². The quantitative estimate of drug-likeness (QED) is 0.561. The molecule has 1 rings (SSSR count). The van der Waals surface area contributed by atoms with E-state index < -0.39 is 0 Å². The Hall–Kier alpha value is 0.310. The van der Waals surface area contributed by atoms with Crippen LogP contribution in [0.3, 0.4) is 0 Å². The summed E-state index contributed by atoms with van der Waals surface area (Å²) in [5, 5.41) is 0. The lowest BCUT2D eigenvalue weighted by atomic mass is 10.2. The molecule has 1 unspecified atom stereocenters. The summed E-state index contributed by atoms with van der Waals surface area (Å²) < 4.78 is 5.06. The summed E-state index contributed by atoms with van der Waals surface area (Å²) in [5.41, 5.74) is 0. The summed E-state index contributed by atoms with van der Waals surface area (Å²) in [6, 6.07) is 0. The molecule has 0 aromatic rings. The molecule has 0 amide bonds. The van der Waals surface area contributed by atoms with Crippen LogP contribution < -0.4 is 0 Å². The normalized spacial score (nSPS) is 21.0. The van der Waals surface area contributed by atoms with E-state index in [-0.39, 0.29) is 0 Å². The molecule has 0 spiro atoms. The van der Waals surface area contributed by atoms with Crippen LogP contribution in [-0.4, -0.2) is 19.5 Å². The van der Waals surface area contributed by atoms with E-state index in [1.54, 1.807) is 6.26 Å². The highest BCUT2D eigenvalue weighted by atomic mass is 32.1. The average Bonchev–Trinajstić information content (AvgIpc) is 2.46. The molecule has 1 fully saturated rings. The summed E-state index contributed by atoms with van der Waals surface area (Å²) in [6.07, 6.45) is 4.21. The van der Waals surface area contributed by atoms with Crippen molar-refractivity contribution in [3.05, 3.63) is 0 Å². The van der Waals surface area contributed by atoms with Gasteiger partial charge in [-0.1, -0.05) is 27.2 Å². The van der Waals surface area contributed by atoms with Crippen LogP contribution in [0.1, 0.15) is 33.6 Å². The first-order chi connectivity index (χ1) is 5.31. The Kier molecular flexibility index (Phi) is 16.3. The van der Waals surface area contributed by atoms with E-state index >= 15 is 0 Å². The van der Waals surface area contributed by atoms with Crippen LogP contribution in [0.5, 0.6) is 0 Å². The highest BCUT2D eigenvalue weighted by molar-refractivity contribution is 7.79. The summed E-state index contributed by atoms with van der Waals surface area (Å²) in [4.78, 5) is 0. The van der Waals surface area contributed by atoms with Gasteiger partial charge in [-0.05, 0) is 18.6 Å². The number of rotatable bonds is 0. The van der Waals surface area contributed by atoms with Gasteiger partial charge in [0.25, 0.3) is 0 Å². The summed E-state index contributed by atoms with van der Waals surface area (Å²) >= 11 is 3.53. The monoisotopic (exact) mass is 178 g/mol. The number of hydrogen-bond donors (Lipinski definition) is 1. The number of hydrogen-bond acceptors (Lipinski definition) is 2. The van der Waals surface area contributed by atoms with Crippen molar-refractivity contribution in [1.29, 1.82) is 0 Å². The van der Waals surface area contributed by atoms with Crippen molar-refractivity contribution in [3.8, 4) is 0 Å². The van der Waals surface area contributed by atoms with Crippen LogP contribution in [0.2, 0.25) is 0 Å². The molecule has 1 atom stereocenters. The van der Waals surface area contributed by atoms with Crippen molar-refractivity contribution in [2.24, 2.45) is 5.92 Å². The summed E-state index contributed by atoms with van der Waals surface area (Å²) in [7, 11) is 0. The Bertz CT molecular complexity index is 51.5. The van der Waals surface area contributed by atoms with Crippen molar-refractivity contribution in [1.82, 2.24) is 0 Å². The lowest BCUT2D eigenvalue weighted by Crippen LogP contribution is -1.88. The first-order valence-corrected chi connectivity index (χ1v) is 5.23. The fourth-order valence-corrected chi connectivity index (χ4v) is 0.652. The third-order valence-corrected chi connectivity index (χ3v) is 1.16. The van der Waals surface area contributed by atoms with Gasteiger partial charge in [-0.25, -0.2) is 0 Å². The Morgan fingerprint density at radius 2 is 1.82 bits per heavy atom. The van der Waals surface area contributed by atoms with Crippen molar-refractivity contribution in [2.45, 2.75) is 33.6 Å². The van der Waals surface area contributed by atoms with Gasteiger partial charge in [0.15, 0.2) is 0 Å². The molecule has 0 N–H and O–H groups in total. The number of thiol groups is 1. The molecule has 2 heteroatoms. The van der Waals surface area contributed by atoms with Crippen molar-refractivity contribution in [2.75, 3.05) is 19.5 Å². The maximum absolute atomic E-state index is 5.06. The van der Waals surface area contributed by atoms with E-state index in [0.717, 1.165) is 19.1 Å². The molecular formula is C9H22OS. The molecule has 0 bridgehead atoms. The lowest BCUT2D eigenvalue weighted by Gasteiger charge is -1.89. The fraction of sp³-hybridized carbons (Fsp3) is 1.00. The van der Waals surface area contributed by atoms with Crippen molar-refractivity contribution < 1.29 is 4.74 Å². The predicted molar refractivity (Wildman–Crippen MR) is 55.5 cm³/mol. The largest absolute Gasteiger partial charge is 0.381 e. The van der Waals surface area contributed by atoms with Crippen LogP contribution in [0.25, 0.3) is 0 Å². The summed E-state index contributed by atoms with van der Waals surface area (Å²) in [6.45, 7) is 8.44. The highest BCUT2D eigenvalue weighted by Gasteiger charge is 2.07. The van der Waals surface area contributed by atoms with Crippen LogP contribution in [0.15, 0.2) is 0 Å². The second kappa shape index (κ2) is 12.9. The first kappa shape index (κ1) is 13.9. The van der Waals surface area contributed by atoms with E-state index in [4.69, 9.17) is 4.74 Å². The molecule has 0 aliphatic carbocycles. The second-order valence-corrected chi connectivity index (χ2v) is 2.68. The highest BCUT2D eigenvalue weighted by Crippen LogP contribution is 2.09. The van der Waals surface area contributed by atoms with Crippen LogP contribution in [0.4, 0.5) is 0 Å². The lowest BCUT2D eigenvalue weighted by molar-refractivity contribution is 0.188. The topological polar surface area (TPSA) is 9.23 Å². The second-order valence-electron chi connectivity index (χ2n) is 2.68. The zero-order valence-electron chi connectivity index (χ0n) is 8.26. The Labute approximate surface area is 76.9 Å². The Morgan fingerprint density at radius 3 is 1.91 bits per heavy atom. The van der Waals surface area contributed by atoms with Gasteiger partial charge >= 0.3 is 0 Å². The minimum Gasteiger partial charge on any atom is -0.381 e. The van der Waals surface area contributed by atoms with Crippen LogP contribution >= 0.6 is 12.6 Å². The number of ether oxygens (including phenoxy) is 1. The van der Waals surface area contributed by atoms with Crippen LogP contribution in [-0.2, 0) is 4.74 Å². The van der Waals surface area contributed by atoms with Gasteiger partial charge < -0.3 is 4.74 Å². The van der Waals surface area contributed by atoms with Gasteiger partial charge in [0.1, 0.15) is 0 Å². The molecule has 70 valence electrons. The van der Waals surface area contributed by atoms with Gasteiger partial charge in [0.05, 0.1) is 0 Å². The zero-order valence-corrected chi connectivity index (χ0v) is 9.16. The maximum atomic E-state index is 5.06. The minimum atomic E-state index is 0.824. The molecule has 0 saturated carbocycles. The van der Waals surface area contributed by atoms with E-state index in [2.05, 4.69) is 33.4 Å². The molecule has 0 aromatic carbocycles. The molecule has 1 aliphatic heterocycles. The zero-order chi connectivity index (χ0) is 9.11. The molecular weight excluding hydrogens is 156 g/mol. The minimum absolute atomic E-state index is 0.824. The van der Waals surface area contributed by atoms with Gasteiger partial charge in [-0.3, -0.25) is 0 Å². The van der Waals surface area contributed by atoms with Crippen molar-refractivity contribution in [3.63, 3.8) is 0 Å². The SMILES string of the molecule is CC1CCOC1.CCC.CS. The first-order valence-electron chi connectivity index (χ1n) is 4.33. The van der Waals surface area contributed by atoms with Gasteiger partial charge in [-0.2, -0.15) is 12.6 Å². The predicted octanol–water partition coefficient (Wildman–Crippen LogP) is 3.01. The smallest absolute Gasteiger partial charge is 0.0492 e. The van der Waals surface area contributed by atoms with E-state index in [0.29, 0.717) is 0 Å². The Balaban J connectivity index is 0. The standard InChI is InChI=1S/C5H10O.C3H8.CH4S/c1-5-2-3-6-4-5;1-3-2;1-2/h5H,2-4H2,1H3;3H2,1-2H3;2H,1H3. The fourth-order valence-electron chi connectivity index (χ4n) is 0.652. The molecule has 0 aromatic heterocycles. The van der Waals surface area contributed by atoms with Gasteiger partial charge in [-0.15, -0.1) is 0 Å². The average molecular weight is 178 g/mol. The van der Waals surface area contributed by atoms with Crippen LogP contribution in [0, 0.1) is 5.92 Å². The van der Waals surface area contributed by atoms with Crippen molar-refractivity contribution >= 4 is 12.6 Å². The van der Waals surface area contributed by atoms with E-state index in [1.807, 2.05) is 0 Å². The molecule has 11 heavy (non-hydrogen) atoms. The maximum Gasteiger partial charge on any atom is 0.0492 e. The third-order valence-electron chi connectivity index (χ3n) is 1.16. The summed E-state index contributed by atoms with van der Waals surface area (Å²) in [5.74, 6) is 0.824. The molecule has 0 radical (unpaired) electrons. The Morgan fingerprint density at radius 1 is 1.36 bits per heavy atom. The van der Waals surface area contributed by atoms with E-state index in [1.165, 1.54) is 12.8 Å². The van der Waals surface area contributed by atoms with Gasteiger partial charge in [0, 0.05) is 13.2 Å². The van der Waals surface area contributed by atoms with Gasteiger partial charge in [0.2, 0.25) is 0 Å². The molecule has 1 aliphatic rings.